The number of benzene rings is 7. The number of para-hydroxylation sites is 3. The topological polar surface area (TPSA) is 48.5 Å². The fraction of sp³-hybridized carbons (Fsp3) is 0. The molecule has 11 aromatic rings. The molecular weight excluding hydrogens is 643 g/mol. The molecule has 0 N–H and O–H groups in total. The molecule has 5 nitrogen and oxygen atoms in total. The lowest BCUT2D eigenvalue weighted by atomic mass is 10.1. The standard InChI is InChI=1S/C45H27N5S/c1-3-13-28(14-4-1)43-46-44(29-23-24-34-33-19-9-12-22-39(33)51-40(34)27-29)48-45(47-43)50-38-21-11-8-18-32(38)36-26-25-35-31-17-7-10-20-37(31)49(41(35)42(36)50)30-15-5-2-6-16-30/h1-27H/i1D,2D,3D,4D,5D,6D,13D,14D,15D,16D. The molecule has 0 fully saturated rings. The summed E-state index contributed by atoms with van der Waals surface area (Å²) in [6.07, 6.45) is 0. The summed E-state index contributed by atoms with van der Waals surface area (Å²) in [7, 11) is 0. The Balaban J connectivity index is 1.31. The highest BCUT2D eigenvalue weighted by molar-refractivity contribution is 7.25. The first-order valence-electron chi connectivity index (χ1n) is 21.2. The number of nitrogens with zero attached hydrogens (tertiary/aromatic N) is 5. The Morgan fingerprint density at radius 1 is 0.451 bits per heavy atom. The third-order valence-electron chi connectivity index (χ3n) is 9.36. The van der Waals surface area contributed by atoms with Crippen LogP contribution in [-0.4, -0.2) is 24.1 Å². The third-order valence-corrected chi connectivity index (χ3v) is 10.5. The van der Waals surface area contributed by atoms with Crippen molar-refractivity contribution in [2.75, 3.05) is 0 Å². The molecule has 0 amide bonds. The number of hydrogen-bond donors (Lipinski definition) is 0. The van der Waals surface area contributed by atoms with Crippen LogP contribution in [0, 0.1) is 0 Å². The minimum absolute atomic E-state index is 0.0331. The molecule has 0 spiro atoms. The van der Waals surface area contributed by atoms with Crippen molar-refractivity contribution in [2.45, 2.75) is 0 Å². The van der Waals surface area contributed by atoms with E-state index in [2.05, 4.69) is 12.1 Å². The van der Waals surface area contributed by atoms with E-state index < -0.39 is 48.3 Å². The van der Waals surface area contributed by atoms with Crippen LogP contribution in [0.5, 0.6) is 0 Å². The van der Waals surface area contributed by atoms with Gasteiger partial charge in [0, 0.05) is 58.5 Å². The van der Waals surface area contributed by atoms with E-state index in [9.17, 15) is 0 Å². The van der Waals surface area contributed by atoms with Crippen LogP contribution in [0.25, 0.3) is 98.2 Å². The zero-order chi connectivity index (χ0) is 42.2. The van der Waals surface area contributed by atoms with Crippen molar-refractivity contribution in [2.24, 2.45) is 0 Å². The first kappa shape index (κ1) is 20.1. The average Bonchev–Trinajstić information content (AvgIpc) is 3.94. The molecule has 0 saturated heterocycles. The monoisotopic (exact) mass is 679 g/mol. The van der Waals surface area contributed by atoms with Gasteiger partial charge in [0.1, 0.15) is 0 Å². The van der Waals surface area contributed by atoms with Gasteiger partial charge in [-0.25, -0.2) is 4.98 Å². The molecule has 4 aromatic heterocycles. The van der Waals surface area contributed by atoms with E-state index in [1.54, 1.807) is 15.9 Å². The highest BCUT2D eigenvalue weighted by atomic mass is 32.1. The first-order valence-corrected chi connectivity index (χ1v) is 17.0. The summed E-state index contributed by atoms with van der Waals surface area (Å²) in [6, 6.07) is 28.2. The summed E-state index contributed by atoms with van der Waals surface area (Å²) in [4.78, 5) is 14.9. The van der Waals surface area contributed by atoms with Crippen molar-refractivity contribution < 1.29 is 13.7 Å². The van der Waals surface area contributed by atoms with Gasteiger partial charge in [-0.15, -0.1) is 11.3 Å². The SMILES string of the molecule is [2H]c1c([2H])c([2H])c(-c2nc(-c3ccc4c(c3)sc3ccccc34)nc(-n3c4ccccc4c4ccc5c6ccccc6n(-c6c([2H])c([2H])c([2H])c([2H])c6[2H])c5c43)n2)c([2H])c1[2H]. The van der Waals surface area contributed by atoms with Gasteiger partial charge in [-0.3, -0.25) is 4.57 Å². The molecule has 0 saturated carbocycles. The predicted molar refractivity (Wildman–Crippen MR) is 212 cm³/mol. The molecule has 238 valence electrons. The number of hydrogen-bond acceptors (Lipinski definition) is 4. The largest absolute Gasteiger partial charge is 0.307 e. The quantitative estimate of drug-likeness (QED) is 0.186. The van der Waals surface area contributed by atoms with Gasteiger partial charge in [0.05, 0.1) is 35.8 Å². The van der Waals surface area contributed by atoms with Crippen molar-refractivity contribution in [3.63, 3.8) is 0 Å². The van der Waals surface area contributed by atoms with E-state index in [4.69, 9.17) is 28.7 Å². The maximum Gasteiger partial charge on any atom is 0.238 e. The van der Waals surface area contributed by atoms with E-state index in [0.717, 1.165) is 41.7 Å². The summed E-state index contributed by atoms with van der Waals surface area (Å²) in [5.41, 5.74) is 2.71. The fourth-order valence-electron chi connectivity index (χ4n) is 7.23. The summed E-state index contributed by atoms with van der Waals surface area (Å²) in [6.45, 7) is 0. The zero-order valence-corrected chi connectivity index (χ0v) is 27.3. The second-order valence-electron chi connectivity index (χ2n) is 12.1. The van der Waals surface area contributed by atoms with Gasteiger partial charge in [0.2, 0.25) is 5.95 Å². The Hall–Kier alpha value is -6.63. The van der Waals surface area contributed by atoms with Crippen LogP contribution in [0.4, 0.5) is 0 Å². The van der Waals surface area contributed by atoms with Crippen LogP contribution in [0.2, 0.25) is 0 Å². The van der Waals surface area contributed by atoms with Gasteiger partial charge in [-0.1, -0.05) is 127 Å². The number of fused-ring (bicyclic) bond motifs is 10. The van der Waals surface area contributed by atoms with Crippen molar-refractivity contribution in [1.29, 1.82) is 0 Å². The molecule has 6 heteroatoms. The predicted octanol–water partition coefficient (Wildman–Crippen LogP) is 11.8. The van der Waals surface area contributed by atoms with Gasteiger partial charge < -0.3 is 4.57 Å². The number of rotatable bonds is 4. The van der Waals surface area contributed by atoms with Crippen LogP contribution in [0.3, 0.4) is 0 Å². The lowest BCUT2D eigenvalue weighted by Gasteiger charge is -2.13. The fourth-order valence-corrected chi connectivity index (χ4v) is 8.37. The molecule has 0 radical (unpaired) electrons. The summed E-state index contributed by atoms with van der Waals surface area (Å²) < 4.78 is 92.7. The molecule has 0 atom stereocenters. The normalized spacial score (nSPS) is 14.7. The summed E-state index contributed by atoms with van der Waals surface area (Å²) in [5, 5.41) is 5.21. The molecule has 0 bridgehead atoms. The van der Waals surface area contributed by atoms with Crippen LogP contribution < -0.4 is 0 Å². The molecule has 4 heterocycles. The van der Waals surface area contributed by atoms with Crippen LogP contribution in [0.15, 0.2) is 164 Å². The van der Waals surface area contributed by atoms with E-state index >= 15 is 0 Å². The number of aromatic nitrogens is 5. The number of thiophene rings is 1. The Kier molecular flexibility index (Phi) is 4.32. The Morgan fingerprint density at radius 2 is 1.00 bits per heavy atom. The van der Waals surface area contributed by atoms with Crippen molar-refractivity contribution in [1.82, 2.24) is 24.1 Å². The van der Waals surface area contributed by atoms with Crippen LogP contribution in [0.1, 0.15) is 13.7 Å². The lowest BCUT2D eigenvalue weighted by Crippen LogP contribution is -2.07. The maximum absolute atomic E-state index is 9.11. The van der Waals surface area contributed by atoms with E-state index in [1.807, 2.05) is 95.6 Å². The smallest absolute Gasteiger partial charge is 0.238 e. The van der Waals surface area contributed by atoms with Gasteiger partial charge in [-0.05, 0) is 36.4 Å². The molecule has 0 aliphatic rings. The van der Waals surface area contributed by atoms with E-state index in [0.29, 0.717) is 27.6 Å². The Labute approximate surface area is 310 Å². The van der Waals surface area contributed by atoms with E-state index in [1.165, 1.54) is 0 Å². The third kappa shape index (κ3) is 4.24. The van der Waals surface area contributed by atoms with Crippen molar-refractivity contribution >= 4 is 75.1 Å². The molecular formula is C45H27N5S. The van der Waals surface area contributed by atoms with Crippen molar-refractivity contribution in [3.8, 4) is 34.4 Å². The average molecular weight is 680 g/mol. The molecule has 0 unspecified atom stereocenters. The molecule has 0 aliphatic carbocycles. The Bertz CT molecular complexity index is 3690. The highest BCUT2D eigenvalue weighted by Gasteiger charge is 2.23. The molecule has 7 aromatic carbocycles. The second kappa shape index (κ2) is 10.9. The Morgan fingerprint density at radius 3 is 1.73 bits per heavy atom. The lowest BCUT2D eigenvalue weighted by molar-refractivity contribution is 0.953. The maximum atomic E-state index is 9.11. The van der Waals surface area contributed by atoms with Crippen LogP contribution in [-0.2, 0) is 0 Å². The van der Waals surface area contributed by atoms with Gasteiger partial charge in [0.15, 0.2) is 11.6 Å². The minimum atomic E-state index is -0.547. The van der Waals surface area contributed by atoms with Crippen molar-refractivity contribution in [3.05, 3.63) is 164 Å². The summed E-state index contributed by atoms with van der Waals surface area (Å²) >= 11 is 1.62. The highest BCUT2D eigenvalue weighted by Crippen LogP contribution is 2.42. The molecule has 11 rings (SSSR count). The first-order chi connectivity index (χ1) is 29.4. The van der Waals surface area contributed by atoms with E-state index in [-0.39, 0.29) is 40.9 Å². The zero-order valence-electron chi connectivity index (χ0n) is 36.5. The van der Waals surface area contributed by atoms with Gasteiger partial charge in [-0.2, -0.15) is 9.97 Å². The van der Waals surface area contributed by atoms with Crippen LogP contribution >= 0.6 is 11.3 Å². The van der Waals surface area contributed by atoms with Gasteiger partial charge in [0.25, 0.3) is 0 Å². The second-order valence-corrected chi connectivity index (χ2v) is 13.2. The minimum Gasteiger partial charge on any atom is -0.307 e. The summed E-state index contributed by atoms with van der Waals surface area (Å²) in [5.74, 6) is 0.118. The molecule has 0 aliphatic heterocycles. The van der Waals surface area contributed by atoms with Gasteiger partial charge >= 0.3 is 0 Å². The molecule has 51 heavy (non-hydrogen) atoms.